The summed E-state index contributed by atoms with van der Waals surface area (Å²) in [6, 6.07) is 0. The van der Waals surface area contributed by atoms with E-state index in [1.54, 1.807) is 6.08 Å². The van der Waals surface area contributed by atoms with Gasteiger partial charge in [0.15, 0.2) is 0 Å². The first-order chi connectivity index (χ1) is 5.35. The van der Waals surface area contributed by atoms with E-state index in [2.05, 4.69) is 47.7 Å². The Morgan fingerprint density at radius 1 is 1.75 bits per heavy atom. The Kier molecular flexibility index (Phi) is 14.5. The fourth-order valence-electron chi connectivity index (χ4n) is 0.693. The van der Waals surface area contributed by atoms with Crippen LogP contribution in [-0.2, 0) is 26.2 Å². The number of alkyl halides is 1. The van der Waals surface area contributed by atoms with Crippen molar-refractivity contribution in [3.8, 4) is 0 Å². The second-order valence-corrected chi connectivity index (χ2v) is 2.75. The van der Waals surface area contributed by atoms with Gasteiger partial charge in [0, 0.05) is 31.5 Å². The van der Waals surface area contributed by atoms with Gasteiger partial charge in [-0.15, -0.1) is 13.0 Å². The fraction of sp³-hybridized carbons (Fsp3) is 0.400. The van der Waals surface area contributed by atoms with Gasteiger partial charge in [0.25, 0.3) is 0 Å². The van der Waals surface area contributed by atoms with Crippen molar-refractivity contribution in [3.05, 3.63) is 36.5 Å². The monoisotopic (exact) mass is 303 g/mol. The van der Waals surface area contributed by atoms with Crippen LogP contribution in [-0.4, -0.2) is 5.33 Å². The summed E-state index contributed by atoms with van der Waals surface area (Å²) in [7, 11) is 0. The summed E-state index contributed by atoms with van der Waals surface area (Å²) in [5, 5.41) is 0.896. The maximum atomic E-state index is 3.43. The third-order valence-electron chi connectivity index (χ3n) is 1.26. The van der Waals surface area contributed by atoms with Gasteiger partial charge in [0.05, 0.1) is 0 Å². The number of hydrogen-bond donors (Lipinski definition) is 0. The predicted octanol–water partition coefficient (Wildman–Crippen LogP) is 3.65. The molecule has 66 valence electrons. The first kappa shape index (κ1) is 15.1. The third kappa shape index (κ3) is 8.68. The van der Waals surface area contributed by atoms with Crippen LogP contribution >= 0.6 is 15.9 Å². The summed E-state index contributed by atoms with van der Waals surface area (Å²) < 4.78 is 0. The van der Waals surface area contributed by atoms with Gasteiger partial charge in [-0.25, -0.2) is 11.6 Å². The van der Waals surface area contributed by atoms with Gasteiger partial charge in [-0.3, -0.25) is 6.08 Å². The molecule has 0 radical (unpaired) electrons. The van der Waals surface area contributed by atoms with E-state index in [9.17, 15) is 0 Å². The summed E-state index contributed by atoms with van der Waals surface area (Å²) in [4.78, 5) is 0. The molecule has 0 aromatic rings. The number of halogens is 1. The van der Waals surface area contributed by atoms with Gasteiger partial charge >= 0.3 is 0 Å². The molecule has 0 bridgehead atoms. The molecule has 0 heterocycles. The predicted molar refractivity (Wildman–Crippen MR) is 54.8 cm³/mol. The zero-order valence-electron chi connectivity index (χ0n) is 7.44. The summed E-state index contributed by atoms with van der Waals surface area (Å²) >= 11 is 3.13. The van der Waals surface area contributed by atoms with Crippen molar-refractivity contribution in [2.45, 2.75) is 19.8 Å². The molecule has 0 saturated carbocycles. The molecule has 0 unspecified atom stereocenters. The van der Waals surface area contributed by atoms with Crippen molar-refractivity contribution in [2.24, 2.45) is 0 Å². The Hall–Kier alpha value is 0.583. The van der Waals surface area contributed by atoms with Crippen LogP contribution in [0.5, 0.6) is 0 Å². The minimum atomic E-state index is 0. The zero-order chi connectivity index (χ0) is 8.53. The molecular formula is C10H14BrZr-. The molecule has 0 spiro atoms. The van der Waals surface area contributed by atoms with Crippen molar-refractivity contribution in [2.75, 3.05) is 5.33 Å². The maximum Gasteiger partial charge on any atom is 0.0209 e. The van der Waals surface area contributed by atoms with E-state index in [1.807, 2.05) is 0 Å². The molecule has 0 N–H and O–H groups in total. The van der Waals surface area contributed by atoms with Gasteiger partial charge in [-0.1, -0.05) is 35.4 Å². The molecule has 0 amide bonds. The molecule has 2 heteroatoms. The van der Waals surface area contributed by atoms with Crippen molar-refractivity contribution in [3.63, 3.8) is 0 Å². The Morgan fingerprint density at radius 2 is 2.33 bits per heavy atom. The average molecular weight is 305 g/mol. The molecule has 1 aliphatic rings. The normalized spacial score (nSPS) is 12.3. The first-order valence-corrected chi connectivity index (χ1v) is 4.90. The van der Waals surface area contributed by atoms with E-state index in [0.29, 0.717) is 0 Å². The Bertz CT molecular complexity index is 159. The minimum Gasteiger partial charge on any atom is -0.270 e. The van der Waals surface area contributed by atoms with Crippen LogP contribution in [0.25, 0.3) is 0 Å². The Balaban J connectivity index is 0. The third-order valence-corrected chi connectivity index (χ3v) is 1.71. The van der Waals surface area contributed by atoms with E-state index >= 15 is 0 Å². The quantitative estimate of drug-likeness (QED) is 0.415. The number of allylic oxidation sites excluding steroid dienone is 5. The molecule has 0 atom stereocenters. The SMILES string of the molecule is C=CCBr.CCC1=[C-]CC=C1.[Zr]. The van der Waals surface area contributed by atoms with E-state index < -0.39 is 0 Å². The van der Waals surface area contributed by atoms with E-state index in [1.165, 1.54) is 5.57 Å². The summed E-state index contributed by atoms with van der Waals surface area (Å²) in [5.74, 6) is 0. The van der Waals surface area contributed by atoms with Gasteiger partial charge in [0.1, 0.15) is 0 Å². The molecule has 0 nitrogen and oxygen atoms in total. The second-order valence-electron chi connectivity index (χ2n) is 2.11. The van der Waals surface area contributed by atoms with E-state index in [4.69, 9.17) is 0 Å². The number of rotatable bonds is 2. The van der Waals surface area contributed by atoms with Gasteiger partial charge < -0.3 is 0 Å². The van der Waals surface area contributed by atoms with Crippen LogP contribution in [0.1, 0.15) is 19.8 Å². The van der Waals surface area contributed by atoms with Crippen molar-refractivity contribution < 1.29 is 26.2 Å². The van der Waals surface area contributed by atoms with Crippen LogP contribution in [0, 0.1) is 6.08 Å². The van der Waals surface area contributed by atoms with E-state index in [0.717, 1.165) is 18.2 Å². The van der Waals surface area contributed by atoms with Crippen LogP contribution in [0.2, 0.25) is 0 Å². The fourth-order valence-corrected chi connectivity index (χ4v) is 0.693. The van der Waals surface area contributed by atoms with Crippen LogP contribution in [0.3, 0.4) is 0 Å². The maximum absolute atomic E-state index is 3.43. The zero-order valence-corrected chi connectivity index (χ0v) is 11.5. The van der Waals surface area contributed by atoms with Crippen LogP contribution < -0.4 is 0 Å². The van der Waals surface area contributed by atoms with Crippen molar-refractivity contribution in [1.82, 2.24) is 0 Å². The second kappa shape index (κ2) is 11.6. The smallest absolute Gasteiger partial charge is 0.0209 e. The molecule has 0 fully saturated rings. The Labute approximate surface area is 103 Å². The van der Waals surface area contributed by atoms with Crippen LogP contribution in [0.4, 0.5) is 0 Å². The minimum absolute atomic E-state index is 0. The average Bonchev–Trinajstić information content (AvgIpc) is 2.56. The Morgan fingerprint density at radius 3 is 2.50 bits per heavy atom. The van der Waals surface area contributed by atoms with Crippen LogP contribution in [0.15, 0.2) is 30.4 Å². The van der Waals surface area contributed by atoms with Gasteiger partial charge in [0.2, 0.25) is 0 Å². The van der Waals surface area contributed by atoms with Crippen molar-refractivity contribution in [1.29, 1.82) is 0 Å². The molecule has 12 heavy (non-hydrogen) atoms. The van der Waals surface area contributed by atoms with Crippen molar-refractivity contribution >= 4 is 15.9 Å². The molecular weight excluding hydrogens is 291 g/mol. The molecule has 0 aliphatic heterocycles. The summed E-state index contributed by atoms with van der Waals surface area (Å²) in [6.45, 7) is 5.58. The van der Waals surface area contributed by atoms with E-state index in [-0.39, 0.29) is 26.2 Å². The summed E-state index contributed by atoms with van der Waals surface area (Å²) in [5.41, 5.74) is 1.36. The standard InChI is InChI=1S/C7H9.C3H5Br.Zr/c1-2-7-5-3-4-6-7;1-2-3-4;/h3,5H,2,4H2,1H3;2H,1,3H2;/q-1;;. The molecule has 0 aromatic carbocycles. The molecule has 0 aromatic heterocycles. The topological polar surface area (TPSA) is 0 Å². The molecule has 0 saturated heterocycles. The molecule has 1 aliphatic carbocycles. The van der Waals surface area contributed by atoms with Gasteiger partial charge in [-0.2, -0.15) is 6.08 Å². The summed E-state index contributed by atoms with van der Waals surface area (Å²) in [6.07, 6.45) is 11.4. The first-order valence-electron chi connectivity index (χ1n) is 3.78. The van der Waals surface area contributed by atoms with Gasteiger partial charge in [-0.05, 0) is 0 Å². The largest absolute Gasteiger partial charge is 0.270 e. The number of hydrogen-bond acceptors (Lipinski definition) is 0. The molecule has 1 rings (SSSR count).